The number of halogens is 3. The number of hydrazine groups is 3. The number of carbonyl (C=O) groups excluding carboxylic acids is 8. The number of urea groups is 3. The minimum atomic E-state index is -0.716. The van der Waals surface area contributed by atoms with Crippen LogP contribution in [0, 0.1) is 0 Å². The molecule has 9 aromatic rings. The van der Waals surface area contributed by atoms with Crippen molar-refractivity contribution in [1.82, 2.24) is 47.3 Å². The Morgan fingerprint density at radius 1 is 0.377 bits per heavy atom. The predicted molar refractivity (Wildman–Crippen MR) is 407 cm³/mol. The summed E-state index contributed by atoms with van der Waals surface area (Å²) in [5, 5.41) is 14.5. The lowest BCUT2D eigenvalue weighted by Gasteiger charge is -2.24. The van der Waals surface area contributed by atoms with Gasteiger partial charge in [0, 0.05) is 42.0 Å². The largest absolute Gasteiger partial charge is 0.489 e. The summed E-state index contributed by atoms with van der Waals surface area (Å²) in [6.45, 7) is 12.0. The van der Waals surface area contributed by atoms with Gasteiger partial charge in [0.05, 0.1) is 59.6 Å². The Hall–Kier alpha value is -12.0. The van der Waals surface area contributed by atoms with Crippen LogP contribution in [0.3, 0.4) is 0 Å². The maximum absolute atomic E-state index is 12.9. The van der Waals surface area contributed by atoms with Crippen molar-refractivity contribution in [2.75, 3.05) is 26.0 Å². The number of nitrogens with zero attached hydrogens (tertiary/aromatic N) is 3. The summed E-state index contributed by atoms with van der Waals surface area (Å²) in [4.78, 5) is 99.5. The average molecular weight is 1500 g/mol. The van der Waals surface area contributed by atoms with Gasteiger partial charge in [-0.1, -0.05) is 150 Å². The van der Waals surface area contributed by atoms with Gasteiger partial charge >= 0.3 is 18.1 Å². The number of rotatable bonds is 25. The number of benzene rings is 9. The Morgan fingerprint density at radius 3 is 1.13 bits per heavy atom. The fraction of sp³-hybridized carbons (Fsp3) is 0.215. The molecular formula is C79H84Cl3N11O13. The van der Waals surface area contributed by atoms with Crippen LogP contribution in [0.5, 0.6) is 28.7 Å². The molecule has 11 amide bonds. The van der Waals surface area contributed by atoms with E-state index >= 15 is 0 Å². The van der Waals surface area contributed by atoms with E-state index in [1.165, 1.54) is 43.4 Å². The van der Waals surface area contributed by atoms with Gasteiger partial charge in [0.15, 0.2) is 0 Å². The van der Waals surface area contributed by atoms with Gasteiger partial charge in [-0.05, 0) is 172 Å². The molecule has 0 saturated heterocycles. The van der Waals surface area contributed by atoms with E-state index in [2.05, 4.69) is 37.5 Å². The van der Waals surface area contributed by atoms with Crippen LogP contribution in [0.25, 0.3) is 0 Å². The molecule has 0 radical (unpaired) electrons. The first-order valence-corrected chi connectivity index (χ1v) is 34.6. The molecule has 0 aliphatic rings. The third kappa shape index (κ3) is 27.0. The van der Waals surface area contributed by atoms with Crippen molar-refractivity contribution in [2.24, 2.45) is 5.73 Å². The van der Waals surface area contributed by atoms with Crippen LogP contribution in [-0.2, 0) is 37.6 Å². The average Bonchev–Trinajstić information content (AvgIpc) is 0.848. The van der Waals surface area contributed by atoms with Crippen LogP contribution in [-0.4, -0.2) is 102 Å². The lowest BCUT2D eigenvalue weighted by Crippen LogP contribution is -2.51. The molecule has 0 heterocycles. The van der Waals surface area contributed by atoms with Gasteiger partial charge in [-0.3, -0.25) is 40.3 Å². The topological polar surface area (TPSA) is 303 Å². The van der Waals surface area contributed by atoms with Crippen LogP contribution in [0.2, 0.25) is 15.1 Å². The Labute approximate surface area is 630 Å². The highest BCUT2D eigenvalue weighted by Gasteiger charge is 2.23. The van der Waals surface area contributed by atoms with Crippen molar-refractivity contribution in [3.8, 4) is 28.7 Å². The molecule has 0 bridgehead atoms. The molecule has 9 rings (SSSR count). The molecule has 27 heteroatoms. The number of hydrogen-bond acceptors (Lipinski definition) is 13. The normalized spacial score (nSPS) is 10.5. The molecule has 24 nitrogen and oxygen atoms in total. The standard InChI is InChI=1S/C27H29ClN4O5.C26H27ClN4O4.C26H28ClN3O4/c1-18(2)37-24-13-10-21(14-23(24)28)26(34)31-32(27(35)30-15-25(29)33)16-19-8-11-22(12-9-19)36-17-20-6-4-3-5-7-20;1-17(2)35-23-14-11-20(15-22(23)27)25(33)30-31(26(34)28-3)16-18-9-12-21(13-10-18)29-24(32)19-7-5-4-6-8-19;1-18(2)34-24-13-12-21(15-23(24)27)25(31)29-30(26(32)28-3)16-20-10-7-11-22(14-20)33-17-19-8-5-4-6-9-19/h3-14,18H,15-17H2,1-2H3,(H2,29,33)(H,30,35)(H,31,34);4-15,17H,16H2,1-3H3,(H,28,34)(H,29,32)(H,30,33);4-15,18H,16-17H2,1-3H3,(H,28,32)(H,29,31). The summed E-state index contributed by atoms with van der Waals surface area (Å²) < 4.78 is 28.5. The number of ether oxygens (including phenoxy) is 5. The fourth-order valence-electron chi connectivity index (χ4n) is 9.49. The molecular weight excluding hydrogens is 1420 g/mol. The molecule has 0 unspecified atom stereocenters. The SMILES string of the molecule is CC(C)Oc1ccc(C(=O)NN(Cc2ccc(OCc3ccccc3)cc2)C(=O)NCC(N)=O)cc1Cl.CNC(=O)N(Cc1ccc(NC(=O)c2ccccc2)cc1)NC(=O)c1ccc(OC(C)C)c(Cl)c1.CNC(=O)N(Cc1cccc(OCc2ccccc2)c1)NC(=O)c1ccc(OC(C)C)c(Cl)c1. The minimum absolute atomic E-state index is 0.0115. The van der Waals surface area contributed by atoms with Gasteiger partial charge in [0.2, 0.25) is 5.91 Å². The Bertz CT molecular complexity index is 4410. The zero-order chi connectivity index (χ0) is 76.7. The highest BCUT2D eigenvalue weighted by molar-refractivity contribution is 6.33. The molecule has 0 aromatic heterocycles. The number of nitrogens with one attached hydrogen (secondary N) is 7. The maximum Gasteiger partial charge on any atom is 0.336 e. The van der Waals surface area contributed by atoms with E-state index < -0.39 is 41.7 Å². The molecule has 0 aliphatic carbocycles. The van der Waals surface area contributed by atoms with Crippen LogP contribution in [0.1, 0.15) is 111 Å². The molecule has 106 heavy (non-hydrogen) atoms. The highest BCUT2D eigenvalue weighted by Crippen LogP contribution is 2.30. The second kappa shape index (κ2) is 41.3. The van der Waals surface area contributed by atoms with E-state index in [9.17, 15) is 38.4 Å². The number of nitrogens with two attached hydrogens (primary N) is 1. The molecule has 9 N–H and O–H groups in total. The summed E-state index contributed by atoms with van der Waals surface area (Å²) in [7, 11) is 2.97. The van der Waals surface area contributed by atoms with Crippen molar-refractivity contribution in [3.63, 3.8) is 0 Å². The van der Waals surface area contributed by atoms with Crippen molar-refractivity contribution in [2.45, 2.75) is 92.7 Å². The lowest BCUT2D eigenvalue weighted by atomic mass is 10.1. The zero-order valence-corrected chi connectivity index (χ0v) is 61.9. The van der Waals surface area contributed by atoms with Gasteiger partial charge in [-0.25, -0.2) is 29.4 Å². The van der Waals surface area contributed by atoms with Crippen molar-refractivity contribution in [1.29, 1.82) is 0 Å². The van der Waals surface area contributed by atoms with Crippen LogP contribution in [0.15, 0.2) is 218 Å². The summed E-state index contributed by atoms with van der Waals surface area (Å²) in [5.41, 5.74) is 19.2. The van der Waals surface area contributed by atoms with Crippen LogP contribution < -0.4 is 67.0 Å². The molecule has 0 atom stereocenters. The minimum Gasteiger partial charge on any atom is -0.489 e. The lowest BCUT2D eigenvalue weighted by molar-refractivity contribution is -0.117. The van der Waals surface area contributed by atoms with Crippen molar-refractivity contribution in [3.05, 3.63) is 284 Å². The van der Waals surface area contributed by atoms with Crippen molar-refractivity contribution >= 4 is 88.1 Å². The van der Waals surface area contributed by atoms with E-state index in [0.29, 0.717) is 74.4 Å². The molecule has 554 valence electrons. The number of hydrogen-bond donors (Lipinski definition) is 8. The summed E-state index contributed by atoms with van der Waals surface area (Å²) in [6, 6.07) is 62.2. The molecule has 0 fully saturated rings. The molecule has 0 spiro atoms. The van der Waals surface area contributed by atoms with E-state index in [1.807, 2.05) is 133 Å². The summed E-state index contributed by atoms with van der Waals surface area (Å²) >= 11 is 18.7. The van der Waals surface area contributed by atoms with Gasteiger partial charge in [-0.2, -0.15) is 0 Å². The predicted octanol–water partition coefficient (Wildman–Crippen LogP) is 14.1. The van der Waals surface area contributed by atoms with Crippen molar-refractivity contribution < 1.29 is 62.0 Å². The second-order valence-electron chi connectivity index (χ2n) is 24.1. The third-order valence-corrected chi connectivity index (χ3v) is 15.4. The fourth-order valence-corrected chi connectivity index (χ4v) is 10.2. The quantitative estimate of drug-likeness (QED) is 0.0247. The number of primary amides is 1. The van der Waals surface area contributed by atoms with Gasteiger partial charge in [0.25, 0.3) is 23.6 Å². The number of amides is 11. The highest BCUT2D eigenvalue weighted by atomic mass is 35.5. The summed E-state index contributed by atoms with van der Waals surface area (Å²) in [6.07, 6.45) is -0.195. The monoisotopic (exact) mass is 1500 g/mol. The zero-order valence-electron chi connectivity index (χ0n) is 59.6. The van der Waals surface area contributed by atoms with E-state index in [1.54, 1.807) is 103 Å². The third-order valence-electron chi connectivity index (χ3n) is 14.5. The Morgan fingerprint density at radius 2 is 0.745 bits per heavy atom. The first-order valence-electron chi connectivity index (χ1n) is 33.4. The maximum atomic E-state index is 12.9. The molecule has 0 aliphatic heterocycles. The van der Waals surface area contributed by atoms with Gasteiger partial charge in [-0.15, -0.1) is 0 Å². The van der Waals surface area contributed by atoms with Gasteiger partial charge in [0.1, 0.15) is 42.0 Å². The molecule has 0 saturated carbocycles. The first kappa shape index (κ1) is 81.3. The van der Waals surface area contributed by atoms with E-state index in [0.717, 1.165) is 32.3 Å². The summed E-state index contributed by atoms with van der Waals surface area (Å²) in [5.74, 6) is 0.236. The van der Waals surface area contributed by atoms with Crippen LogP contribution >= 0.6 is 34.8 Å². The smallest absolute Gasteiger partial charge is 0.336 e. The number of carbonyl (C=O) groups is 8. The number of anilines is 1. The first-order chi connectivity index (χ1) is 50.8. The Balaban J connectivity index is 0.000000222. The Kier molecular flexibility index (Phi) is 31.7. The molecule has 9 aromatic carbocycles. The van der Waals surface area contributed by atoms with E-state index in [-0.39, 0.29) is 66.5 Å². The second-order valence-corrected chi connectivity index (χ2v) is 25.3. The van der Waals surface area contributed by atoms with Crippen LogP contribution in [0.4, 0.5) is 20.1 Å². The van der Waals surface area contributed by atoms with Gasteiger partial charge < -0.3 is 50.7 Å². The van der Waals surface area contributed by atoms with E-state index in [4.69, 9.17) is 64.2 Å².